The molecule has 1 saturated carbocycles. The molecule has 0 amide bonds. The van der Waals surface area contributed by atoms with Gasteiger partial charge in [-0.05, 0) is 44.2 Å². The van der Waals surface area contributed by atoms with E-state index in [2.05, 4.69) is 16.0 Å². The van der Waals surface area contributed by atoms with Gasteiger partial charge in [0.2, 0.25) is 0 Å². The normalized spacial score (nSPS) is 29.1. The van der Waals surface area contributed by atoms with Gasteiger partial charge in [0, 0.05) is 12.6 Å². The molecule has 1 saturated heterocycles. The summed E-state index contributed by atoms with van der Waals surface area (Å²) in [6.07, 6.45) is 8.32. The Kier molecular flexibility index (Phi) is 3.25. The third-order valence-electron chi connectivity index (χ3n) is 4.54. The third kappa shape index (κ3) is 2.12. The second-order valence-corrected chi connectivity index (χ2v) is 5.71. The SMILES string of the molecule is C[C@@H](O)c1ccc(N2CCC3CCCCC32)cn1. The smallest absolute Gasteiger partial charge is 0.0931 e. The van der Waals surface area contributed by atoms with Crippen molar-refractivity contribution in [3.05, 3.63) is 24.0 Å². The van der Waals surface area contributed by atoms with Crippen LogP contribution in [0.4, 0.5) is 5.69 Å². The number of pyridine rings is 1. The van der Waals surface area contributed by atoms with Crippen molar-refractivity contribution in [3.63, 3.8) is 0 Å². The molecule has 1 aromatic heterocycles. The molecule has 0 radical (unpaired) electrons. The van der Waals surface area contributed by atoms with Crippen molar-refractivity contribution < 1.29 is 5.11 Å². The van der Waals surface area contributed by atoms with Gasteiger partial charge in [-0.3, -0.25) is 4.98 Å². The first-order valence-corrected chi connectivity index (χ1v) is 7.16. The number of aliphatic hydroxyl groups is 1. The van der Waals surface area contributed by atoms with E-state index in [1.165, 1.54) is 44.3 Å². The van der Waals surface area contributed by atoms with Crippen LogP contribution in [0.2, 0.25) is 0 Å². The van der Waals surface area contributed by atoms with Gasteiger partial charge in [-0.15, -0.1) is 0 Å². The summed E-state index contributed by atoms with van der Waals surface area (Å²) in [5, 5.41) is 9.49. The summed E-state index contributed by atoms with van der Waals surface area (Å²) < 4.78 is 0. The number of hydrogen-bond donors (Lipinski definition) is 1. The lowest BCUT2D eigenvalue weighted by Gasteiger charge is -2.33. The van der Waals surface area contributed by atoms with Gasteiger partial charge >= 0.3 is 0 Å². The maximum absolute atomic E-state index is 9.49. The van der Waals surface area contributed by atoms with Crippen LogP contribution in [0.1, 0.15) is 50.8 Å². The summed E-state index contributed by atoms with van der Waals surface area (Å²) in [5.74, 6) is 0.898. The number of hydrogen-bond acceptors (Lipinski definition) is 3. The molecule has 98 valence electrons. The molecular weight excluding hydrogens is 224 g/mol. The van der Waals surface area contributed by atoms with E-state index in [-0.39, 0.29) is 0 Å². The van der Waals surface area contributed by atoms with Gasteiger partial charge in [0.15, 0.2) is 0 Å². The fraction of sp³-hybridized carbons (Fsp3) is 0.667. The molecule has 2 heterocycles. The maximum Gasteiger partial charge on any atom is 0.0931 e. The number of nitrogens with zero attached hydrogens (tertiary/aromatic N) is 2. The lowest BCUT2D eigenvalue weighted by molar-refractivity contribution is 0.194. The highest BCUT2D eigenvalue weighted by Gasteiger charge is 2.35. The molecule has 2 aliphatic rings. The van der Waals surface area contributed by atoms with Gasteiger partial charge in [0.1, 0.15) is 0 Å². The molecular formula is C15H22N2O. The van der Waals surface area contributed by atoms with Crippen LogP contribution in [-0.4, -0.2) is 22.7 Å². The number of fused-ring (bicyclic) bond motifs is 1. The standard InChI is InChI=1S/C15H22N2O/c1-11(18)14-7-6-13(10-16-14)17-9-8-12-4-2-3-5-15(12)17/h6-7,10-12,15,18H,2-5,8-9H2,1H3/t11-,12?,15?/m1/s1. The number of rotatable bonds is 2. The number of aliphatic hydroxyl groups excluding tert-OH is 1. The molecule has 3 nitrogen and oxygen atoms in total. The molecule has 1 N–H and O–H groups in total. The van der Waals surface area contributed by atoms with Crippen LogP contribution in [0.15, 0.2) is 18.3 Å². The van der Waals surface area contributed by atoms with Crippen molar-refractivity contribution >= 4 is 5.69 Å². The molecule has 1 aliphatic heterocycles. The molecule has 18 heavy (non-hydrogen) atoms. The van der Waals surface area contributed by atoms with Crippen LogP contribution in [0.5, 0.6) is 0 Å². The molecule has 3 rings (SSSR count). The molecule has 1 aliphatic carbocycles. The molecule has 0 bridgehead atoms. The van der Waals surface area contributed by atoms with Crippen molar-refractivity contribution in [1.29, 1.82) is 0 Å². The van der Waals surface area contributed by atoms with Crippen LogP contribution in [-0.2, 0) is 0 Å². The predicted molar refractivity (Wildman–Crippen MR) is 72.6 cm³/mol. The summed E-state index contributed by atoms with van der Waals surface area (Å²) in [6.45, 7) is 2.93. The molecule has 0 aromatic carbocycles. The van der Waals surface area contributed by atoms with Crippen LogP contribution in [0, 0.1) is 5.92 Å². The van der Waals surface area contributed by atoms with Gasteiger partial charge in [-0.1, -0.05) is 12.8 Å². The average Bonchev–Trinajstić information content (AvgIpc) is 2.82. The van der Waals surface area contributed by atoms with Gasteiger partial charge in [0.25, 0.3) is 0 Å². The summed E-state index contributed by atoms with van der Waals surface area (Å²) in [6, 6.07) is 4.81. The van der Waals surface area contributed by atoms with Crippen LogP contribution < -0.4 is 4.90 Å². The summed E-state index contributed by atoms with van der Waals surface area (Å²) in [5.41, 5.74) is 1.99. The monoisotopic (exact) mass is 246 g/mol. The van der Waals surface area contributed by atoms with Crippen molar-refractivity contribution in [2.24, 2.45) is 5.92 Å². The first-order chi connectivity index (χ1) is 8.75. The molecule has 3 atom stereocenters. The van der Waals surface area contributed by atoms with E-state index in [4.69, 9.17) is 0 Å². The van der Waals surface area contributed by atoms with Gasteiger partial charge in [-0.25, -0.2) is 0 Å². The second-order valence-electron chi connectivity index (χ2n) is 5.71. The predicted octanol–water partition coefficient (Wildman–Crippen LogP) is 2.90. The zero-order valence-electron chi connectivity index (χ0n) is 11.0. The minimum absolute atomic E-state index is 0.472. The molecule has 2 fully saturated rings. The van der Waals surface area contributed by atoms with Gasteiger partial charge in [0.05, 0.1) is 23.7 Å². The average molecular weight is 246 g/mol. The van der Waals surface area contributed by atoms with E-state index < -0.39 is 6.10 Å². The van der Waals surface area contributed by atoms with E-state index in [0.29, 0.717) is 0 Å². The highest BCUT2D eigenvalue weighted by atomic mass is 16.3. The fourth-order valence-electron chi connectivity index (χ4n) is 3.54. The van der Waals surface area contributed by atoms with Crippen LogP contribution in [0.3, 0.4) is 0 Å². The molecule has 0 spiro atoms. The topological polar surface area (TPSA) is 36.4 Å². The Balaban J connectivity index is 1.78. The van der Waals surface area contributed by atoms with Crippen LogP contribution >= 0.6 is 0 Å². The molecule has 1 aromatic rings. The Hall–Kier alpha value is -1.09. The molecule has 3 heteroatoms. The van der Waals surface area contributed by atoms with E-state index in [0.717, 1.165) is 17.7 Å². The Morgan fingerprint density at radius 1 is 1.28 bits per heavy atom. The van der Waals surface area contributed by atoms with Crippen LogP contribution in [0.25, 0.3) is 0 Å². The Morgan fingerprint density at radius 2 is 2.11 bits per heavy atom. The lowest BCUT2D eigenvalue weighted by Crippen LogP contribution is -2.34. The van der Waals surface area contributed by atoms with E-state index in [1.54, 1.807) is 6.92 Å². The van der Waals surface area contributed by atoms with E-state index in [9.17, 15) is 5.11 Å². The molecule has 2 unspecified atom stereocenters. The largest absolute Gasteiger partial charge is 0.387 e. The van der Waals surface area contributed by atoms with E-state index in [1.807, 2.05) is 12.3 Å². The van der Waals surface area contributed by atoms with Crippen molar-refractivity contribution in [1.82, 2.24) is 4.98 Å². The minimum Gasteiger partial charge on any atom is -0.387 e. The highest BCUT2D eigenvalue weighted by molar-refractivity contribution is 5.47. The minimum atomic E-state index is -0.472. The quantitative estimate of drug-likeness (QED) is 0.871. The van der Waals surface area contributed by atoms with Crippen molar-refractivity contribution in [3.8, 4) is 0 Å². The Bertz CT molecular complexity index is 401. The highest BCUT2D eigenvalue weighted by Crippen LogP contribution is 2.38. The zero-order valence-corrected chi connectivity index (χ0v) is 11.0. The Labute approximate surface area is 109 Å². The Morgan fingerprint density at radius 3 is 2.83 bits per heavy atom. The third-order valence-corrected chi connectivity index (χ3v) is 4.54. The maximum atomic E-state index is 9.49. The van der Waals surface area contributed by atoms with Crippen molar-refractivity contribution in [2.45, 2.75) is 51.2 Å². The fourth-order valence-corrected chi connectivity index (χ4v) is 3.54. The number of anilines is 1. The van der Waals surface area contributed by atoms with E-state index >= 15 is 0 Å². The van der Waals surface area contributed by atoms with Crippen molar-refractivity contribution in [2.75, 3.05) is 11.4 Å². The van der Waals surface area contributed by atoms with Gasteiger partial charge in [-0.2, -0.15) is 0 Å². The second kappa shape index (κ2) is 4.88. The first-order valence-electron chi connectivity index (χ1n) is 7.16. The summed E-state index contributed by atoms with van der Waals surface area (Å²) in [4.78, 5) is 6.90. The zero-order chi connectivity index (χ0) is 12.5. The number of aromatic nitrogens is 1. The lowest BCUT2D eigenvalue weighted by atomic mass is 9.85. The summed E-state index contributed by atoms with van der Waals surface area (Å²) in [7, 11) is 0. The first kappa shape index (κ1) is 12.0. The van der Waals surface area contributed by atoms with Gasteiger partial charge < -0.3 is 10.0 Å². The summed E-state index contributed by atoms with van der Waals surface area (Å²) >= 11 is 0.